The average Bonchev–Trinajstić information content (AvgIpc) is 3.02. The van der Waals surface area contributed by atoms with E-state index in [0.29, 0.717) is 19.6 Å². The second-order valence-electron chi connectivity index (χ2n) is 4.06. The van der Waals surface area contributed by atoms with Gasteiger partial charge >= 0.3 is 0 Å². The molecule has 0 fully saturated rings. The molecule has 4 nitrogen and oxygen atoms in total. The van der Waals surface area contributed by atoms with Crippen LogP contribution in [0.15, 0.2) is 40.3 Å². The highest BCUT2D eigenvalue weighted by molar-refractivity contribution is 5.98. The van der Waals surface area contributed by atoms with E-state index in [-0.39, 0.29) is 6.04 Å². The Kier molecular flexibility index (Phi) is 2.78. The summed E-state index contributed by atoms with van der Waals surface area (Å²) in [4.78, 5) is 8.79. The molecule has 0 N–H and O–H groups in total. The van der Waals surface area contributed by atoms with Crippen LogP contribution in [0, 0.1) is 0 Å². The molecule has 17 heavy (non-hydrogen) atoms. The van der Waals surface area contributed by atoms with Gasteiger partial charge < -0.3 is 9.47 Å². The standard InChI is InChI=1S/C13H14N2O2/c1-2-4-10(5-3-1)11-9-17-13(15-11)8-12-14-6-7-16-12/h1-5,11H,6-9H2/t11-/m1/s1. The van der Waals surface area contributed by atoms with Crippen molar-refractivity contribution in [3.8, 4) is 0 Å². The lowest BCUT2D eigenvalue weighted by molar-refractivity contribution is 0.307. The number of rotatable bonds is 3. The maximum atomic E-state index is 5.57. The van der Waals surface area contributed by atoms with Gasteiger partial charge in [-0.15, -0.1) is 0 Å². The first kappa shape index (κ1) is 10.3. The molecular formula is C13H14N2O2. The van der Waals surface area contributed by atoms with E-state index in [9.17, 15) is 0 Å². The Morgan fingerprint density at radius 2 is 2.00 bits per heavy atom. The summed E-state index contributed by atoms with van der Waals surface area (Å²) in [5.74, 6) is 1.48. The highest BCUT2D eigenvalue weighted by atomic mass is 16.5. The lowest BCUT2D eigenvalue weighted by atomic mass is 10.1. The van der Waals surface area contributed by atoms with Gasteiger partial charge in [-0.3, -0.25) is 4.99 Å². The second kappa shape index (κ2) is 4.57. The molecule has 0 radical (unpaired) electrons. The molecule has 1 aromatic carbocycles. The summed E-state index contributed by atoms with van der Waals surface area (Å²) in [6.07, 6.45) is 0.587. The number of ether oxygens (including phenoxy) is 2. The first-order chi connectivity index (χ1) is 8.42. The van der Waals surface area contributed by atoms with Gasteiger partial charge in [-0.25, -0.2) is 4.99 Å². The molecule has 0 amide bonds. The Labute approximate surface area is 100.0 Å². The van der Waals surface area contributed by atoms with E-state index in [0.717, 1.165) is 18.3 Å². The zero-order valence-corrected chi connectivity index (χ0v) is 9.50. The summed E-state index contributed by atoms with van der Waals surface area (Å²) in [5.41, 5.74) is 1.19. The van der Waals surface area contributed by atoms with Crippen LogP contribution < -0.4 is 0 Å². The van der Waals surface area contributed by atoms with Gasteiger partial charge in [0.15, 0.2) is 11.8 Å². The van der Waals surface area contributed by atoms with Gasteiger partial charge in [0.05, 0.1) is 13.0 Å². The molecular weight excluding hydrogens is 216 g/mol. The van der Waals surface area contributed by atoms with Gasteiger partial charge in [-0.1, -0.05) is 30.3 Å². The van der Waals surface area contributed by atoms with Crippen molar-refractivity contribution in [2.24, 2.45) is 9.98 Å². The van der Waals surface area contributed by atoms with E-state index in [2.05, 4.69) is 22.1 Å². The van der Waals surface area contributed by atoms with Crippen molar-refractivity contribution in [2.45, 2.75) is 12.5 Å². The van der Waals surface area contributed by atoms with Crippen molar-refractivity contribution in [3.63, 3.8) is 0 Å². The smallest absolute Gasteiger partial charge is 0.193 e. The number of nitrogens with zero attached hydrogens (tertiary/aromatic N) is 2. The van der Waals surface area contributed by atoms with E-state index in [1.807, 2.05) is 18.2 Å². The minimum atomic E-state index is 0.119. The molecule has 2 aliphatic rings. The first-order valence-electron chi connectivity index (χ1n) is 5.82. The number of benzene rings is 1. The normalized spacial score (nSPS) is 22.7. The maximum absolute atomic E-state index is 5.57. The lowest BCUT2D eigenvalue weighted by Crippen LogP contribution is -2.08. The third-order valence-corrected chi connectivity index (χ3v) is 2.84. The molecule has 0 aliphatic carbocycles. The minimum absolute atomic E-state index is 0.119. The van der Waals surface area contributed by atoms with E-state index in [1.165, 1.54) is 5.56 Å². The van der Waals surface area contributed by atoms with Gasteiger partial charge in [0.25, 0.3) is 0 Å². The zero-order chi connectivity index (χ0) is 11.5. The van der Waals surface area contributed by atoms with Crippen molar-refractivity contribution in [1.82, 2.24) is 0 Å². The molecule has 0 spiro atoms. The lowest BCUT2D eigenvalue weighted by Gasteiger charge is -2.03. The van der Waals surface area contributed by atoms with Crippen LogP contribution in [0.2, 0.25) is 0 Å². The van der Waals surface area contributed by atoms with E-state index in [1.54, 1.807) is 0 Å². The Hall–Kier alpha value is -1.84. The predicted octanol–water partition coefficient (Wildman–Crippen LogP) is 1.98. The summed E-state index contributed by atoms with van der Waals surface area (Å²) < 4.78 is 10.9. The van der Waals surface area contributed by atoms with Gasteiger partial charge in [0.1, 0.15) is 19.3 Å². The molecule has 0 saturated carbocycles. The van der Waals surface area contributed by atoms with Crippen LogP contribution in [-0.2, 0) is 9.47 Å². The Morgan fingerprint density at radius 3 is 2.76 bits per heavy atom. The predicted molar refractivity (Wildman–Crippen MR) is 65.4 cm³/mol. The number of hydrogen-bond acceptors (Lipinski definition) is 4. The summed E-state index contributed by atoms with van der Waals surface area (Å²) in [5, 5.41) is 0. The number of aliphatic imine (C=N–C) groups is 2. The van der Waals surface area contributed by atoms with Crippen LogP contribution in [0.4, 0.5) is 0 Å². The van der Waals surface area contributed by atoms with Crippen LogP contribution in [0.5, 0.6) is 0 Å². The highest BCUT2D eigenvalue weighted by Gasteiger charge is 2.22. The van der Waals surface area contributed by atoms with Crippen LogP contribution in [0.3, 0.4) is 0 Å². The van der Waals surface area contributed by atoms with E-state index < -0.39 is 0 Å². The third-order valence-electron chi connectivity index (χ3n) is 2.84. The van der Waals surface area contributed by atoms with Crippen LogP contribution in [0.1, 0.15) is 18.0 Å². The quantitative estimate of drug-likeness (QED) is 0.796. The van der Waals surface area contributed by atoms with Gasteiger partial charge in [-0.2, -0.15) is 0 Å². The number of hydrogen-bond donors (Lipinski definition) is 0. The van der Waals surface area contributed by atoms with Crippen LogP contribution in [-0.4, -0.2) is 31.6 Å². The first-order valence-corrected chi connectivity index (χ1v) is 5.82. The van der Waals surface area contributed by atoms with Crippen LogP contribution >= 0.6 is 0 Å². The summed E-state index contributed by atoms with van der Waals surface area (Å²) in [6, 6.07) is 10.3. The van der Waals surface area contributed by atoms with Crippen molar-refractivity contribution >= 4 is 11.8 Å². The molecule has 4 heteroatoms. The topological polar surface area (TPSA) is 43.2 Å². The molecule has 88 valence electrons. The fourth-order valence-electron chi connectivity index (χ4n) is 1.98. The molecule has 2 aliphatic heterocycles. The summed E-state index contributed by atoms with van der Waals surface area (Å²) in [7, 11) is 0. The molecule has 0 saturated heterocycles. The fraction of sp³-hybridized carbons (Fsp3) is 0.385. The van der Waals surface area contributed by atoms with Crippen molar-refractivity contribution in [2.75, 3.05) is 19.8 Å². The molecule has 1 atom stereocenters. The third kappa shape index (κ3) is 2.30. The van der Waals surface area contributed by atoms with Crippen LogP contribution in [0.25, 0.3) is 0 Å². The van der Waals surface area contributed by atoms with Crippen molar-refractivity contribution < 1.29 is 9.47 Å². The molecule has 0 aromatic heterocycles. The zero-order valence-electron chi connectivity index (χ0n) is 9.50. The van der Waals surface area contributed by atoms with Gasteiger partial charge in [0.2, 0.25) is 0 Å². The van der Waals surface area contributed by atoms with E-state index in [4.69, 9.17) is 9.47 Å². The SMILES string of the molecule is c1ccc([C@H]2COC(CC3=NCCO3)=N2)cc1. The average molecular weight is 230 g/mol. The van der Waals surface area contributed by atoms with Gasteiger partial charge in [0, 0.05) is 0 Å². The minimum Gasteiger partial charge on any atom is -0.479 e. The largest absolute Gasteiger partial charge is 0.479 e. The molecule has 3 rings (SSSR count). The summed E-state index contributed by atoms with van der Waals surface area (Å²) >= 11 is 0. The van der Waals surface area contributed by atoms with E-state index >= 15 is 0 Å². The Bertz CT molecular complexity index is 454. The Morgan fingerprint density at radius 1 is 1.12 bits per heavy atom. The van der Waals surface area contributed by atoms with Crippen molar-refractivity contribution in [3.05, 3.63) is 35.9 Å². The molecule has 0 unspecified atom stereocenters. The van der Waals surface area contributed by atoms with Gasteiger partial charge in [-0.05, 0) is 5.56 Å². The fourth-order valence-corrected chi connectivity index (χ4v) is 1.98. The molecule has 1 aromatic rings. The monoisotopic (exact) mass is 230 g/mol. The second-order valence-corrected chi connectivity index (χ2v) is 4.06. The highest BCUT2D eigenvalue weighted by Crippen LogP contribution is 2.23. The Balaban J connectivity index is 1.68. The summed E-state index contributed by atoms with van der Waals surface area (Å²) in [6.45, 7) is 2.06. The molecule has 2 heterocycles. The maximum Gasteiger partial charge on any atom is 0.193 e. The van der Waals surface area contributed by atoms with Crippen molar-refractivity contribution in [1.29, 1.82) is 0 Å². The molecule has 0 bridgehead atoms.